The summed E-state index contributed by atoms with van der Waals surface area (Å²) in [7, 11) is 0. The van der Waals surface area contributed by atoms with E-state index in [0.29, 0.717) is 0 Å². The van der Waals surface area contributed by atoms with E-state index in [9.17, 15) is 0 Å². The molecule has 1 aliphatic heterocycles. The summed E-state index contributed by atoms with van der Waals surface area (Å²) in [5.74, 6) is 0. The minimum absolute atomic E-state index is 0.401. The summed E-state index contributed by atoms with van der Waals surface area (Å²) in [5, 5.41) is 2.29. The predicted octanol–water partition coefficient (Wildman–Crippen LogP) is 8.39. The summed E-state index contributed by atoms with van der Waals surface area (Å²) in [4.78, 5) is 0. The van der Waals surface area contributed by atoms with Crippen molar-refractivity contribution in [3.63, 3.8) is 0 Å². The fourth-order valence-corrected chi connectivity index (χ4v) is 9.07. The molecule has 1 atom stereocenters. The Morgan fingerprint density at radius 2 is 1.27 bits per heavy atom. The zero-order chi connectivity index (χ0) is 21.4. The van der Waals surface area contributed by atoms with E-state index < -0.39 is 11.9 Å². The van der Waals surface area contributed by atoms with Gasteiger partial charge >= 0.3 is 0 Å². The van der Waals surface area contributed by atoms with Crippen molar-refractivity contribution < 1.29 is 4.52 Å². The fraction of sp³-hybridized carbons (Fsp3) is 0.200. The Bertz CT molecular complexity index is 1120. The molecule has 154 valence electrons. The molecule has 0 fully saturated rings. The van der Waals surface area contributed by atoms with Crippen LogP contribution in [0.5, 0.6) is 0 Å². The van der Waals surface area contributed by atoms with E-state index in [1.54, 1.807) is 0 Å². The van der Waals surface area contributed by atoms with Gasteiger partial charge in [0.05, 0.1) is 5.60 Å². The number of hydrogen-bond donors (Lipinski definition) is 0. The standard InChI is InChI=1S/C25H23Br2OPS/c1-3-25(4-2)23(18-10-14-20(26)15-11-18)24(19-12-16-21(27)17-13-19)29(30,28-25)22-8-6-5-7-9-22/h5-17H,3-4H2,1-2H3/t29-/m1/s1. The van der Waals surface area contributed by atoms with Crippen LogP contribution in [0.2, 0.25) is 0 Å². The number of halogens is 2. The summed E-state index contributed by atoms with van der Waals surface area (Å²) < 4.78 is 9.17. The number of rotatable bonds is 5. The molecule has 1 heterocycles. The molecule has 0 N–H and O–H groups in total. The third kappa shape index (κ3) is 3.82. The first-order valence-corrected chi connectivity index (χ1v) is 14.4. The molecule has 1 nitrogen and oxygen atoms in total. The number of benzene rings is 3. The average Bonchev–Trinajstić information content (AvgIpc) is 3.06. The summed E-state index contributed by atoms with van der Waals surface area (Å²) in [6.07, 6.45) is -0.721. The molecule has 0 saturated carbocycles. The maximum Gasteiger partial charge on any atom is 0.125 e. The van der Waals surface area contributed by atoms with E-state index in [1.165, 1.54) is 16.5 Å². The largest absolute Gasteiger partial charge is 0.331 e. The quantitative estimate of drug-likeness (QED) is 0.289. The van der Waals surface area contributed by atoms with Gasteiger partial charge in [-0.1, -0.05) is 112 Å². The molecule has 0 spiro atoms. The van der Waals surface area contributed by atoms with Crippen LogP contribution in [0.1, 0.15) is 37.8 Å². The fourth-order valence-electron chi connectivity index (χ4n) is 4.18. The highest BCUT2D eigenvalue weighted by atomic mass is 79.9. The second-order valence-electron chi connectivity index (χ2n) is 7.42. The minimum Gasteiger partial charge on any atom is -0.331 e. The van der Waals surface area contributed by atoms with Gasteiger partial charge in [-0.15, -0.1) is 0 Å². The Morgan fingerprint density at radius 3 is 1.77 bits per heavy atom. The van der Waals surface area contributed by atoms with Gasteiger partial charge in [-0.25, -0.2) is 0 Å². The highest BCUT2D eigenvalue weighted by molar-refractivity contribution is 9.10. The molecule has 4 rings (SSSR count). The van der Waals surface area contributed by atoms with Crippen molar-refractivity contribution in [3.05, 3.63) is 98.9 Å². The Hall–Kier alpha value is -1.03. The molecular weight excluding hydrogens is 539 g/mol. The highest BCUT2D eigenvalue weighted by Gasteiger charge is 2.49. The normalized spacial score (nSPS) is 20.5. The van der Waals surface area contributed by atoms with Gasteiger partial charge in [0.15, 0.2) is 0 Å². The molecule has 30 heavy (non-hydrogen) atoms. The first kappa shape index (κ1) is 22.2. The van der Waals surface area contributed by atoms with E-state index in [0.717, 1.165) is 32.7 Å². The summed E-state index contributed by atoms with van der Waals surface area (Å²) in [6, 6.07) is 27.5. The average molecular weight is 562 g/mol. The monoisotopic (exact) mass is 560 g/mol. The van der Waals surface area contributed by atoms with Crippen LogP contribution in [-0.4, -0.2) is 5.60 Å². The molecule has 0 aliphatic carbocycles. The van der Waals surface area contributed by atoms with Crippen LogP contribution in [0.3, 0.4) is 0 Å². The van der Waals surface area contributed by atoms with E-state index in [4.69, 9.17) is 16.3 Å². The Kier molecular flexibility index (Phi) is 6.53. The second kappa shape index (κ2) is 8.84. The Labute approximate surface area is 200 Å². The van der Waals surface area contributed by atoms with Crippen molar-refractivity contribution in [2.75, 3.05) is 0 Å². The van der Waals surface area contributed by atoms with Gasteiger partial charge in [0.2, 0.25) is 0 Å². The molecule has 0 bridgehead atoms. The lowest BCUT2D eigenvalue weighted by Crippen LogP contribution is -2.28. The maximum atomic E-state index is 7.04. The van der Waals surface area contributed by atoms with Crippen molar-refractivity contribution in [2.24, 2.45) is 0 Å². The van der Waals surface area contributed by atoms with Crippen LogP contribution in [0.4, 0.5) is 0 Å². The van der Waals surface area contributed by atoms with E-state index in [-0.39, 0.29) is 0 Å². The first-order chi connectivity index (χ1) is 14.4. The molecule has 0 unspecified atom stereocenters. The summed E-state index contributed by atoms with van der Waals surface area (Å²) in [5.41, 5.74) is 3.17. The van der Waals surface area contributed by atoms with Crippen LogP contribution >= 0.6 is 38.1 Å². The molecule has 0 amide bonds. The van der Waals surface area contributed by atoms with Gasteiger partial charge in [-0.05, 0) is 48.2 Å². The van der Waals surface area contributed by atoms with Gasteiger partial charge in [0.25, 0.3) is 0 Å². The molecule has 0 aromatic heterocycles. The molecule has 3 aromatic rings. The third-order valence-electron chi connectivity index (χ3n) is 5.78. The molecule has 5 heteroatoms. The molecular formula is C25H23Br2OPS. The van der Waals surface area contributed by atoms with Crippen molar-refractivity contribution in [1.29, 1.82) is 0 Å². The third-order valence-corrected chi connectivity index (χ3v) is 10.9. The van der Waals surface area contributed by atoms with Crippen LogP contribution in [0.15, 0.2) is 87.8 Å². The van der Waals surface area contributed by atoms with Crippen molar-refractivity contribution in [2.45, 2.75) is 32.3 Å². The molecule has 0 radical (unpaired) electrons. The van der Waals surface area contributed by atoms with E-state index >= 15 is 0 Å². The van der Waals surface area contributed by atoms with Gasteiger partial charge in [0, 0.05) is 25.1 Å². The number of hydrogen-bond acceptors (Lipinski definition) is 2. The maximum absolute atomic E-state index is 7.04. The molecule has 0 saturated heterocycles. The van der Waals surface area contributed by atoms with E-state index in [1.807, 2.05) is 6.07 Å². The van der Waals surface area contributed by atoms with Crippen molar-refractivity contribution in [3.8, 4) is 0 Å². The zero-order valence-corrected chi connectivity index (χ0v) is 21.8. The van der Waals surface area contributed by atoms with Gasteiger partial charge in [-0.3, -0.25) is 0 Å². The van der Waals surface area contributed by atoms with Gasteiger partial charge in [0.1, 0.15) is 6.26 Å². The predicted molar refractivity (Wildman–Crippen MR) is 140 cm³/mol. The lowest BCUT2D eigenvalue weighted by atomic mass is 9.82. The smallest absolute Gasteiger partial charge is 0.125 e. The lowest BCUT2D eigenvalue weighted by molar-refractivity contribution is 0.150. The minimum atomic E-state index is -2.47. The van der Waals surface area contributed by atoms with Gasteiger partial charge < -0.3 is 4.52 Å². The van der Waals surface area contributed by atoms with Crippen LogP contribution in [0.25, 0.3) is 10.9 Å². The zero-order valence-electron chi connectivity index (χ0n) is 16.9. The van der Waals surface area contributed by atoms with E-state index in [2.05, 4.69) is 119 Å². The topological polar surface area (TPSA) is 9.23 Å². The molecule has 3 aromatic carbocycles. The lowest BCUT2D eigenvalue weighted by Gasteiger charge is -2.31. The van der Waals surface area contributed by atoms with Crippen molar-refractivity contribution in [1.82, 2.24) is 0 Å². The van der Waals surface area contributed by atoms with Crippen molar-refractivity contribution >= 4 is 66.1 Å². The summed E-state index contributed by atoms with van der Waals surface area (Å²) in [6.45, 7) is 4.41. The SMILES string of the molecule is CCC1(CC)O[P@@](=S)(c2ccccc2)C(c2ccc(Br)cc2)=C1c1ccc(Br)cc1. The molecule has 1 aliphatic rings. The second-order valence-corrected chi connectivity index (χ2v) is 13.0. The highest BCUT2D eigenvalue weighted by Crippen LogP contribution is 2.72. The van der Waals surface area contributed by atoms with Crippen LogP contribution < -0.4 is 5.30 Å². The summed E-state index contributed by atoms with van der Waals surface area (Å²) >= 11 is 13.6. The Balaban J connectivity index is 2.10. The van der Waals surface area contributed by atoms with Crippen LogP contribution in [0, 0.1) is 0 Å². The van der Waals surface area contributed by atoms with Crippen LogP contribution in [-0.2, 0) is 16.3 Å². The first-order valence-electron chi connectivity index (χ1n) is 10.1. The van der Waals surface area contributed by atoms with Gasteiger partial charge in [-0.2, -0.15) is 0 Å². The Morgan fingerprint density at radius 1 is 0.767 bits per heavy atom.